The number of unbranched alkanes of at least 4 members (excludes halogenated alkanes) is 38. The minimum atomic E-state index is -1.11. The number of carbonyl (C=O) groups excluding carboxylic acids is 1. The van der Waals surface area contributed by atoms with Gasteiger partial charge in [0.05, 0.1) is 18.8 Å². The van der Waals surface area contributed by atoms with Crippen molar-refractivity contribution in [2.75, 3.05) is 6.61 Å². The van der Waals surface area contributed by atoms with E-state index in [1.165, 1.54) is 225 Å². The standard InChI is InChI=1S/C56H107NO4/c1-3-5-7-9-11-13-15-17-19-21-23-25-26-27-28-29-31-33-35-37-39-41-43-45-47-49-51-55(60)56(61)57-53(52-58)54(59)50-48-46-44-42-40-38-36-34-32-30-24-22-20-18-16-14-12-10-8-6-4-2/h32,34,40,42,48,50,53-55,58-60H,3-31,33,35-39,41,43-47,49,51-52H2,1-2H3,(H,57,61)/b34-32+,42-40+,50-48+. The lowest BCUT2D eigenvalue weighted by atomic mass is 10.0. The Kier molecular flexibility index (Phi) is 50.0. The van der Waals surface area contributed by atoms with Crippen LogP contribution in [-0.2, 0) is 4.79 Å². The van der Waals surface area contributed by atoms with E-state index in [0.29, 0.717) is 6.42 Å². The van der Waals surface area contributed by atoms with Gasteiger partial charge < -0.3 is 20.6 Å². The van der Waals surface area contributed by atoms with Gasteiger partial charge in [-0.05, 0) is 44.9 Å². The molecule has 0 aliphatic heterocycles. The molecule has 0 radical (unpaired) electrons. The minimum absolute atomic E-state index is 0.379. The summed E-state index contributed by atoms with van der Waals surface area (Å²) in [5, 5.41) is 33.3. The highest BCUT2D eigenvalue weighted by Gasteiger charge is 2.22. The molecule has 0 aromatic carbocycles. The Morgan fingerprint density at radius 1 is 0.393 bits per heavy atom. The maximum absolute atomic E-state index is 12.5. The fourth-order valence-electron chi connectivity index (χ4n) is 8.46. The molecule has 0 aromatic rings. The molecule has 0 heterocycles. The predicted octanol–water partition coefficient (Wildman–Crippen LogP) is 16.7. The van der Waals surface area contributed by atoms with Gasteiger partial charge in [0.15, 0.2) is 0 Å². The highest BCUT2D eigenvalue weighted by molar-refractivity contribution is 5.80. The number of carbonyl (C=O) groups is 1. The number of hydrogen-bond donors (Lipinski definition) is 4. The van der Waals surface area contributed by atoms with E-state index in [1.54, 1.807) is 6.08 Å². The van der Waals surface area contributed by atoms with Crippen molar-refractivity contribution in [3.8, 4) is 0 Å². The molecule has 4 N–H and O–H groups in total. The van der Waals surface area contributed by atoms with Gasteiger partial charge in [0.1, 0.15) is 6.10 Å². The number of hydrogen-bond acceptors (Lipinski definition) is 4. The molecule has 0 fully saturated rings. The molecular formula is C56H107NO4. The smallest absolute Gasteiger partial charge is 0.249 e. The van der Waals surface area contributed by atoms with Crippen molar-refractivity contribution in [1.82, 2.24) is 5.32 Å². The van der Waals surface area contributed by atoms with Gasteiger partial charge >= 0.3 is 0 Å². The van der Waals surface area contributed by atoms with Crippen LogP contribution in [0.1, 0.15) is 290 Å². The molecule has 61 heavy (non-hydrogen) atoms. The van der Waals surface area contributed by atoms with Crippen LogP contribution in [0.25, 0.3) is 0 Å². The van der Waals surface area contributed by atoms with E-state index in [9.17, 15) is 20.1 Å². The summed E-state index contributed by atoms with van der Waals surface area (Å²) in [6, 6.07) is -0.820. The summed E-state index contributed by atoms with van der Waals surface area (Å²) in [6.45, 7) is 4.20. The van der Waals surface area contributed by atoms with E-state index >= 15 is 0 Å². The zero-order chi connectivity index (χ0) is 44.4. The summed E-state index contributed by atoms with van der Waals surface area (Å²) in [7, 11) is 0. The highest BCUT2D eigenvalue weighted by Crippen LogP contribution is 2.17. The third-order valence-electron chi connectivity index (χ3n) is 12.7. The summed E-state index contributed by atoms with van der Waals surface area (Å²) >= 11 is 0. The van der Waals surface area contributed by atoms with Crippen molar-refractivity contribution in [2.45, 2.75) is 308 Å². The summed E-state index contributed by atoms with van der Waals surface area (Å²) in [5.41, 5.74) is 0. The lowest BCUT2D eigenvalue weighted by Crippen LogP contribution is -2.48. The first-order valence-electron chi connectivity index (χ1n) is 27.3. The lowest BCUT2D eigenvalue weighted by Gasteiger charge is -2.21. The van der Waals surface area contributed by atoms with Crippen LogP contribution < -0.4 is 5.32 Å². The molecule has 360 valence electrons. The van der Waals surface area contributed by atoms with Crippen LogP contribution in [-0.4, -0.2) is 46.1 Å². The van der Waals surface area contributed by atoms with Crippen LogP contribution in [0.3, 0.4) is 0 Å². The van der Waals surface area contributed by atoms with Crippen molar-refractivity contribution < 1.29 is 20.1 Å². The Morgan fingerprint density at radius 2 is 0.672 bits per heavy atom. The van der Waals surface area contributed by atoms with Gasteiger partial charge in [0.25, 0.3) is 0 Å². The first kappa shape index (κ1) is 59.6. The number of aliphatic hydroxyl groups is 3. The second-order valence-corrected chi connectivity index (χ2v) is 18.8. The second-order valence-electron chi connectivity index (χ2n) is 18.8. The summed E-state index contributed by atoms with van der Waals surface area (Å²) in [6.07, 6.45) is 66.5. The monoisotopic (exact) mass is 858 g/mol. The SMILES string of the molecule is CCCCCCCCCCCCC/C=C/CC/C=C/CC/C=C/C(O)C(CO)NC(=O)C(O)CCCCCCCCCCCCCCCCCCCCCCCCCCCC. The molecule has 0 bridgehead atoms. The molecular weight excluding hydrogens is 751 g/mol. The number of amides is 1. The average molecular weight is 858 g/mol. The Hall–Kier alpha value is -1.43. The maximum atomic E-state index is 12.5. The van der Waals surface area contributed by atoms with Gasteiger partial charge in [0.2, 0.25) is 5.91 Å². The maximum Gasteiger partial charge on any atom is 0.249 e. The quantitative estimate of drug-likeness (QED) is 0.0362. The van der Waals surface area contributed by atoms with E-state index < -0.39 is 24.2 Å². The number of nitrogens with one attached hydrogen (secondary N) is 1. The van der Waals surface area contributed by atoms with Crippen molar-refractivity contribution in [3.05, 3.63) is 36.5 Å². The van der Waals surface area contributed by atoms with Crippen LogP contribution in [0.2, 0.25) is 0 Å². The largest absolute Gasteiger partial charge is 0.394 e. The zero-order valence-corrected chi connectivity index (χ0v) is 41.1. The molecule has 5 heteroatoms. The third kappa shape index (κ3) is 46.4. The number of aliphatic hydroxyl groups excluding tert-OH is 3. The van der Waals surface area contributed by atoms with Gasteiger partial charge in [-0.25, -0.2) is 0 Å². The molecule has 0 spiro atoms. The van der Waals surface area contributed by atoms with Gasteiger partial charge in [-0.2, -0.15) is 0 Å². The van der Waals surface area contributed by atoms with Gasteiger partial charge in [-0.3, -0.25) is 4.79 Å². The normalized spacial score (nSPS) is 13.6. The Morgan fingerprint density at radius 3 is 1.00 bits per heavy atom. The third-order valence-corrected chi connectivity index (χ3v) is 12.7. The molecule has 0 saturated carbocycles. The molecule has 1 amide bonds. The van der Waals surface area contributed by atoms with Crippen molar-refractivity contribution in [3.63, 3.8) is 0 Å². The number of rotatable bonds is 50. The predicted molar refractivity (Wildman–Crippen MR) is 268 cm³/mol. The second kappa shape index (κ2) is 51.2. The molecule has 0 aliphatic rings. The lowest BCUT2D eigenvalue weighted by molar-refractivity contribution is -0.131. The zero-order valence-electron chi connectivity index (χ0n) is 41.1. The number of allylic oxidation sites excluding steroid dienone is 5. The van der Waals surface area contributed by atoms with Gasteiger partial charge in [-0.15, -0.1) is 0 Å². The van der Waals surface area contributed by atoms with Crippen molar-refractivity contribution >= 4 is 5.91 Å². The fraction of sp³-hybridized carbons (Fsp3) is 0.875. The molecule has 0 rings (SSSR count). The van der Waals surface area contributed by atoms with E-state index in [4.69, 9.17) is 0 Å². The van der Waals surface area contributed by atoms with Crippen LogP contribution in [0.4, 0.5) is 0 Å². The molecule has 5 nitrogen and oxygen atoms in total. The van der Waals surface area contributed by atoms with Crippen molar-refractivity contribution in [2.24, 2.45) is 0 Å². The first-order chi connectivity index (χ1) is 30.1. The molecule has 0 aliphatic carbocycles. The Labute approximate surface area is 381 Å². The van der Waals surface area contributed by atoms with E-state index in [2.05, 4.69) is 43.5 Å². The fourth-order valence-corrected chi connectivity index (χ4v) is 8.46. The van der Waals surface area contributed by atoms with Gasteiger partial charge in [-0.1, -0.05) is 281 Å². The summed E-state index contributed by atoms with van der Waals surface area (Å²) in [5.74, 6) is -0.512. The molecule has 0 aromatic heterocycles. The van der Waals surface area contributed by atoms with Crippen LogP contribution in [0.5, 0.6) is 0 Å². The van der Waals surface area contributed by atoms with Gasteiger partial charge in [0, 0.05) is 0 Å². The highest BCUT2D eigenvalue weighted by atomic mass is 16.3. The Balaban J connectivity index is 3.61. The molecule has 0 saturated heterocycles. The molecule has 3 unspecified atom stereocenters. The van der Waals surface area contributed by atoms with E-state index in [0.717, 1.165) is 44.9 Å². The summed E-state index contributed by atoms with van der Waals surface area (Å²) < 4.78 is 0. The van der Waals surface area contributed by atoms with Crippen molar-refractivity contribution in [1.29, 1.82) is 0 Å². The van der Waals surface area contributed by atoms with E-state index in [1.807, 2.05) is 6.08 Å². The Bertz CT molecular complexity index is 947. The van der Waals surface area contributed by atoms with Crippen LogP contribution >= 0.6 is 0 Å². The molecule has 3 atom stereocenters. The first-order valence-corrected chi connectivity index (χ1v) is 27.3. The minimum Gasteiger partial charge on any atom is -0.394 e. The van der Waals surface area contributed by atoms with Crippen LogP contribution in [0.15, 0.2) is 36.5 Å². The average Bonchev–Trinajstić information content (AvgIpc) is 3.26. The topological polar surface area (TPSA) is 89.8 Å². The van der Waals surface area contributed by atoms with Crippen LogP contribution in [0, 0.1) is 0 Å². The van der Waals surface area contributed by atoms with E-state index in [-0.39, 0.29) is 6.61 Å². The summed E-state index contributed by atoms with van der Waals surface area (Å²) in [4.78, 5) is 12.5.